The Morgan fingerprint density at radius 3 is 2.22 bits per heavy atom. The SMILES string of the molecule is CCc1ccccc1N(CC(=O)N(CCc1ccccc1)[C@@H](C)C(=O)NC1CCCC1)S(=O)(=O)c1ccc(C)cc1. The predicted octanol–water partition coefficient (Wildman–Crippen LogP) is 5.27. The van der Waals surface area contributed by atoms with Crippen LogP contribution in [0.1, 0.15) is 56.2 Å². The molecule has 4 rings (SSSR count). The van der Waals surface area contributed by atoms with Crippen LogP contribution in [0.2, 0.25) is 0 Å². The Hall–Kier alpha value is -3.65. The van der Waals surface area contributed by atoms with E-state index in [1.54, 1.807) is 43.3 Å². The molecule has 1 atom stereocenters. The second-order valence-electron chi connectivity index (χ2n) is 10.8. The van der Waals surface area contributed by atoms with Crippen LogP contribution in [0.4, 0.5) is 5.69 Å². The van der Waals surface area contributed by atoms with Gasteiger partial charge in [-0.15, -0.1) is 0 Å². The van der Waals surface area contributed by atoms with Crippen molar-refractivity contribution in [1.82, 2.24) is 10.2 Å². The van der Waals surface area contributed by atoms with Crippen molar-refractivity contribution in [2.75, 3.05) is 17.4 Å². The van der Waals surface area contributed by atoms with Crippen molar-refractivity contribution in [3.63, 3.8) is 0 Å². The Labute approximate surface area is 244 Å². The molecule has 0 unspecified atom stereocenters. The summed E-state index contributed by atoms with van der Waals surface area (Å²) in [5.41, 5.74) is 3.26. The molecule has 2 amide bonds. The molecule has 1 saturated carbocycles. The maximum Gasteiger partial charge on any atom is 0.264 e. The van der Waals surface area contributed by atoms with Gasteiger partial charge in [-0.25, -0.2) is 8.42 Å². The van der Waals surface area contributed by atoms with Gasteiger partial charge in [0, 0.05) is 12.6 Å². The fraction of sp³-hybridized carbons (Fsp3) is 0.394. The van der Waals surface area contributed by atoms with Gasteiger partial charge in [0.2, 0.25) is 11.8 Å². The van der Waals surface area contributed by atoms with Crippen LogP contribution in [0.5, 0.6) is 0 Å². The summed E-state index contributed by atoms with van der Waals surface area (Å²) in [5.74, 6) is -0.628. The van der Waals surface area contributed by atoms with Gasteiger partial charge in [0.1, 0.15) is 12.6 Å². The normalized spacial score (nSPS) is 14.4. The monoisotopic (exact) mass is 575 g/mol. The number of hydrogen-bond acceptors (Lipinski definition) is 4. The molecule has 0 spiro atoms. The summed E-state index contributed by atoms with van der Waals surface area (Å²) in [4.78, 5) is 29.1. The third-order valence-corrected chi connectivity index (χ3v) is 9.66. The standard InChI is InChI=1S/C33H41N3O4S/c1-4-28-14-8-11-17-31(28)36(41(39,40)30-20-18-25(2)19-21-30)24-32(37)35(23-22-27-12-6-5-7-13-27)26(3)33(38)34-29-15-9-10-16-29/h5-8,11-14,17-21,26,29H,4,9-10,15-16,22-24H2,1-3H3,(H,34,38)/t26-/m0/s1. The van der Waals surface area contributed by atoms with E-state index in [9.17, 15) is 18.0 Å². The second-order valence-corrected chi connectivity index (χ2v) is 12.7. The Balaban J connectivity index is 1.67. The van der Waals surface area contributed by atoms with Gasteiger partial charge < -0.3 is 10.2 Å². The number of para-hydroxylation sites is 1. The number of benzene rings is 3. The first-order chi connectivity index (χ1) is 19.7. The van der Waals surface area contributed by atoms with Crippen LogP contribution in [0.3, 0.4) is 0 Å². The van der Waals surface area contributed by atoms with Crippen LogP contribution in [-0.2, 0) is 32.5 Å². The Morgan fingerprint density at radius 1 is 0.927 bits per heavy atom. The van der Waals surface area contributed by atoms with Crippen molar-refractivity contribution in [3.8, 4) is 0 Å². The summed E-state index contributed by atoms with van der Waals surface area (Å²) in [6.07, 6.45) is 5.18. The Kier molecular flexibility index (Phi) is 10.2. The number of anilines is 1. The molecule has 1 N–H and O–H groups in total. The van der Waals surface area contributed by atoms with Crippen LogP contribution in [0, 0.1) is 6.92 Å². The van der Waals surface area contributed by atoms with E-state index in [4.69, 9.17) is 0 Å². The molecule has 0 bridgehead atoms. The predicted molar refractivity (Wildman–Crippen MR) is 163 cm³/mol. The van der Waals surface area contributed by atoms with Crippen LogP contribution < -0.4 is 9.62 Å². The fourth-order valence-electron chi connectivity index (χ4n) is 5.37. The maximum atomic E-state index is 14.1. The van der Waals surface area contributed by atoms with Crippen molar-refractivity contribution in [2.45, 2.75) is 76.3 Å². The molecule has 1 aliphatic rings. The molecule has 8 heteroatoms. The van der Waals surface area contributed by atoms with Crippen LogP contribution in [0.15, 0.2) is 83.8 Å². The number of nitrogens with one attached hydrogen (secondary N) is 1. The first-order valence-corrected chi connectivity index (χ1v) is 16.0. The number of hydrogen-bond donors (Lipinski definition) is 1. The molecule has 0 radical (unpaired) electrons. The summed E-state index contributed by atoms with van der Waals surface area (Å²) in [7, 11) is -4.08. The molecule has 1 aliphatic carbocycles. The van der Waals surface area contributed by atoms with E-state index in [0.29, 0.717) is 18.5 Å². The van der Waals surface area contributed by atoms with Crippen molar-refractivity contribution in [3.05, 3.63) is 95.6 Å². The number of carbonyl (C=O) groups is 2. The van der Waals surface area contributed by atoms with Crippen molar-refractivity contribution >= 4 is 27.5 Å². The van der Waals surface area contributed by atoms with E-state index in [1.165, 1.54) is 9.21 Å². The minimum absolute atomic E-state index is 0.115. The van der Waals surface area contributed by atoms with Gasteiger partial charge in [0.15, 0.2) is 0 Å². The summed E-state index contributed by atoms with van der Waals surface area (Å²) in [6.45, 7) is 5.45. The van der Waals surface area contributed by atoms with Gasteiger partial charge in [-0.05, 0) is 68.9 Å². The average Bonchev–Trinajstić information content (AvgIpc) is 3.49. The van der Waals surface area contributed by atoms with Gasteiger partial charge in [0.05, 0.1) is 10.6 Å². The van der Waals surface area contributed by atoms with Crippen LogP contribution in [0.25, 0.3) is 0 Å². The van der Waals surface area contributed by atoms with Crippen LogP contribution in [-0.4, -0.2) is 50.3 Å². The van der Waals surface area contributed by atoms with E-state index < -0.39 is 28.5 Å². The summed E-state index contributed by atoms with van der Waals surface area (Å²) >= 11 is 0. The highest BCUT2D eigenvalue weighted by Crippen LogP contribution is 2.28. The van der Waals surface area contributed by atoms with E-state index in [0.717, 1.165) is 42.4 Å². The lowest BCUT2D eigenvalue weighted by Gasteiger charge is -2.33. The maximum absolute atomic E-state index is 14.1. The number of carbonyl (C=O) groups excluding carboxylic acids is 2. The van der Waals surface area contributed by atoms with E-state index in [1.807, 2.05) is 56.3 Å². The molecular formula is C33H41N3O4S. The third kappa shape index (κ3) is 7.55. The molecule has 0 aromatic heterocycles. The summed E-state index contributed by atoms with van der Waals surface area (Å²) in [5, 5.41) is 3.11. The van der Waals surface area contributed by atoms with Crippen molar-refractivity contribution in [1.29, 1.82) is 0 Å². The number of nitrogens with zero attached hydrogens (tertiary/aromatic N) is 2. The number of rotatable bonds is 12. The molecule has 0 heterocycles. The minimum atomic E-state index is -4.08. The molecule has 7 nitrogen and oxygen atoms in total. The molecule has 41 heavy (non-hydrogen) atoms. The van der Waals surface area contributed by atoms with Gasteiger partial charge in [-0.3, -0.25) is 13.9 Å². The molecule has 1 fully saturated rings. The highest BCUT2D eigenvalue weighted by atomic mass is 32.2. The topological polar surface area (TPSA) is 86.8 Å². The molecular weight excluding hydrogens is 534 g/mol. The molecule has 3 aromatic rings. The molecule has 3 aromatic carbocycles. The first-order valence-electron chi connectivity index (χ1n) is 14.5. The zero-order valence-electron chi connectivity index (χ0n) is 24.3. The Morgan fingerprint density at radius 2 is 1.56 bits per heavy atom. The smallest absolute Gasteiger partial charge is 0.264 e. The summed E-state index contributed by atoms with van der Waals surface area (Å²) < 4.78 is 29.3. The molecule has 0 aliphatic heterocycles. The Bertz CT molecular complexity index is 1420. The number of amides is 2. The lowest BCUT2D eigenvalue weighted by Crippen LogP contribution is -2.53. The number of aryl methyl sites for hydroxylation is 2. The fourth-order valence-corrected chi connectivity index (χ4v) is 6.82. The lowest BCUT2D eigenvalue weighted by atomic mass is 10.1. The van der Waals surface area contributed by atoms with Crippen molar-refractivity contribution in [2.24, 2.45) is 0 Å². The highest BCUT2D eigenvalue weighted by Gasteiger charge is 2.33. The summed E-state index contributed by atoms with van der Waals surface area (Å²) in [6, 6.07) is 23.0. The zero-order valence-corrected chi connectivity index (χ0v) is 25.1. The molecule has 0 saturated heterocycles. The van der Waals surface area contributed by atoms with Crippen LogP contribution >= 0.6 is 0 Å². The van der Waals surface area contributed by atoms with E-state index in [-0.39, 0.29) is 23.4 Å². The van der Waals surface area contributed by atoms with Gasteiger partial charge >= 0.3 is 0 Å². The van der Waals surface area contributed by atoms with E-state index in [2.05, 4.69) is 5.32 Å². The molecule has 218 valence electrons. The minimum Gasteiger partial charge on any atom is -0.352 e. The van der Waals surface area contributed by atoms with Crippen molar-refractivity contribution < 1.29 is 18.0 Å². The van der Waals surface area contributed by atoms with E-state index >= 15 is 0 Å². The lowest BCUT2D eigenvalue weighted by molar-refractivity contribution is -0.139. The largest absolute Gasteiger partial charge is 0.352 e. The van der Waals surface area contributed by atoms with Gasteiger partial charge in [0.25, 0.3) is 10.0 Å². The number of sulfonamides is 1. The zero-order chi connectivity index (χ0) is 29.4. The third-order valence-electron chi connectivity index (χ3n) is 7.88. The van der Waals surface area contributed by atoms with Gasteiger partial charge in [-0.1, -0.05) is 86.0 Å². The second kappa shape index (κ2) is 13.8. The first kappa shape index (κ1) is 30.3. The highest BCUT2D eigenvalue weighted by molar-refractivity contribution is 7.92. The van der Waals surface area contributed by atoms with Gasteiger partial charge in [-0.2, -0.15) is 0 Å². The quantitative estimate of drug-likeness (QED) is 0.319. The average molecular weight is 576 g/mol.